The first-order valence-corrected chi connectivity index (χ1v) is 6.56. The summed E-state index contributed by atoms with van der Waals surface area (Å²) in [5.41, 5.74) is 7.26. The molecule has 0 radical (unpaired) electrons. The quantitative estimate of drug-likeness (QED) is 0.778. The van der Waals surface area contributed by atoms with E-state index in [9.17, 15) is 9.59 Å². The van der Waals surface area contributed by atoms with E-state index in [4.69, 9.17) is 5.73 Å². The number of aromatic nitrogens is 1. The van der Waals surface area contributed by atoms with Crippen LogP contribution in [0.2, 0.25) is 0 Å². The molecule has 1 aromatic heterocycles. The van der Waals surface area contributed by atoms with E-state index in [1.807, 2.05) is 0 Å². The number of nitrogens with zero attached hydrogens (tertiary/aromatic N) is 1. The molecule has 0 unspecified atom stereocenters. The van der Waals surface area contributed by atoms with E-state index in [2.05, 4.69) is 11.4 Å². The lowest BCUT2D eigenvalue weighted by atomic mass is 10.2. The predicted octanol–water partition coefficient (Wildman–Crippen LogP) is 1.05. The van der Waals surface area contributed by atoms with Crippen LogP contribution in [-0.2, 0) is 11.3 Å². The van der Waals surface area contributed by atoms with Crippen LogP contribution in [0.4, 0.5) is 5.69 Å². The van der Waals surface area contributed by atoms with Crippen molar-refractivity contribution < 1.29 is 4.79 Å². The topological polar surface area (TPSA) is 77.1 Å². The molecule has 0 saturated heterocycles. The number of pyridine rings is 1. The minimum Gasteiger partial charge on any atom is -0.398 e. The number of hydrogen-bond donors (Lipinski definition) is 2. The van der Waals surface area contributed by atoms with Gasteiger partial charge >= 0.3 is 0 Å². The van der Waals surface area contributed by atoms with Crippen LogP contribution in [0, 0.1) is 0 Å². The first kappa shape index (κ1) is 13.4. The standard InChI is InChI=1S/C14H19N3O2/c15-12-5-6-14(19)17(9-12)10-13(18)16-8-7-11-3-1-2-4-11/h3,5-6,9H,1-2,4,7-8,10,15H2,(H,16,18). The minimum absolute atomic E-state index is 0.0168. The highest BCUT2D eigenvalue weighted by Crippen LogP contribution is 2.19. The Hall–Kier alpha value is -2.04. The third-order valence-corrected chi connectivity index (χ3v) is 3.22. The van der Waals surface area contributed by atoms with Crippen LogP contribution in [0.1, 0.15) is 25.7 Å². The third-order valence-electron chi connectivity index (χ3n) is 3.22. The molecule has 0 spiro atoms. The molecule has 2 rings (SSSR count). The summed E-state index contributed by atoms with van der Waals surface area (Å²) in [5, 5.41) is 2.82. The molecular weight excluding hydrogens is 242 g/mol. The van der Waals surface area contributed by atoms with Crippen LogP contribution in [0.3, 0.4) is 0 Å². The van der Waals surface area contributed by atoms with Crippen molar-refractivity contribution in [1.29, 1.82) is 0 Å². The van der Waals surface area contributed by atoms with Crippen molar-refractivity contribution in [1.82, 2.24) is 9.88 Å². The molecule has 0 saturated carbocycles. The van der Waals surface area contributed by atoms with E-state index in [1.54, 1.807) is 0 Å². The Morgan fingerprint density at radius 1 is 1.42 bits per heavy atom. The zero-order valence-electron chi connectivity index (χ0n) is 10.9. The Bertz CT molecular complexity index is 546. The molecule has 102 valence electrons. The fraction of sp³-hybridized carbons (Fsp3) is 0.429. The fourth-order valence-corrected chi connectivity index (χ4v) is 2.21. The summed E-state index contributed by atoms with van der Waals surface area (Å²) < 4.78 is 1.32. The molecule has 3 N–H and O–H groups in total. The molecule has 0 bridgehead atoms. The Labute approximate surface area is 112 Å². The Balaban J connectivity index is 1.80. The molecule has 0 aliphatic heterocycles. The number of amides is 1. The van der Waals surface area contributed by atoms with Gasteiger partial charge in [-0.15, -0.1) is 0 Å². The van der Waals surface area contributed by atoms with Crippen LogP contribution in [0.25, 0.3) is 0 Å². The van der Waals surface area contributed by atoms with E-state index >= 15 is 0 Å². The molecule has 5 heteroatoms. The van der Waals surface area contributed by atoms with Gasteiger partial charge in [0.05, 0.1) is 0 Å². The molecule has 0 aromatic carbocycles. The third kappa shape index (κ3) is 3.98. The van der Waals surface area contributed by atoms with Crippen molar-refractivity contribution >= 4 is 11.6 Å². The van der Waals surface area contributed by atoms with Crippen molar-refractivity contribution in [3.63, 3.8) is 0 Å². The summed E-state index contributed by atoms with van der Waals surface area (Å²) in [6, 6.07) is 2.90. The summed E-state index contributed by atoms with van der Waals surface area (Å²) in [6.07, 6.45) is 8.15. The van der Waals surface area contributed by atoms with Gasteiger partial charge in [-0.1, -0.05) is 11.6 Å². The average molecular weight is 261 g/mol. The lowest BCUT2D eigenvalue weighted by Gasteiger charge is -2.08. The van der Waals surface area contributed by atoms with E-state index < -0.39 is 0 Å². The van der Waals surface area contributed by atoms with Crippen LogP contribution in [0.15, 0.2) is 34.8 Å². The second-order valence-electron chi connectivity index (χ2n) is 4.78. The minimum atomic E-state index is -0.220. The van der Waals surface area contributed by atoms with Crippen molar-refractivity contribution in [2.24, 2.45) is 0 Å². The molecular formula is C14H19N3O2. The zero-order chi connectivity index (χ0) is 13.7. The molecule has 19 heavy (non-hydrogen) atoms. The maximum absolute atomic E-state index is 11.7. The molecule has 0 atom stereocenters. The Morgan fingerprint density at radius 2 is 2.26 bits per heavy atom. The van der Waals surface area contributed by atoms with Crippen molar-refractivity contribution in [2.45, 2.75) is 32.2 Å². The van der Waals surface area contributed by atoms with Gasteiger partial charge in [0.15, 0.2) is 0 Å². The number of nitrogen functional groups attached to an aromatic ring is 1. The van der Waals surface area contributed by atoms with Crippen LogP contribution in [-0.4, -0.2) is 17.0 Å². The van der Waals surface area contributed by atoms with Crippen LogP contribution in [0.5, 0.6) is 0 Å². The number of nitrogens with two attached hydrogens (primary N) is 1. The molecule has 5 nitrogen and oxygen atoms in total. The number of carbonyl (C=O) groups excluding carboxylic acids is 1. The summed E-state index contributed by atoms with van der Waals surface area (Å²) in [5.74, 6) is -0.161. The highest BCUT2D eigenvalue weighted by atomic mass is 16.2. The summed E-state index contributed by atoms with van der Waals surface area (Å²) in [7, 11) is 0. The normalized spacial score (nSPS) is 14.2. The molecule has 1 amide bonds. The van der Waals surface area contributed by atoms with Gasteiger partial charge in [-0.3, -0.25) is 9.59 Å². The lowest BCUT2D eigenvalue weighted by Crippen LogP contribution is -2.32. The molecule has 1 aliphatic carbocycles. The fourth-order valence-electron chi connectivity index (χ4n) is 2.21. The highest BCUT2D eigenvalue weighted by Gasteiger charge is 2.07. The first-order valence-electron chi connectivity index (χ1n) is 6.56. The summed E-state index contributed by atoms with van der Waals surface area (Å²) in [4.78, 5) is 23.2. The maximum atomic E-state index is 11.7. The second kappa shape index (κ2) is 6.22. The van der Waals surface area contributed by atoms with E-state index in [0.29, 0.717) is 12.2 Å². The monoisotopic (exact) mass is 261 g/mol. The first-order chi connectivity index (χ1) is 9.15. The predicted molar refractivity (Wildman–Crippen MR) is 74.7 cm³/mol. The SMILES string of the molecule is Nc1ccc(=O)n(CC(=O)NCCC2=CCCC2)c1. The summed E-state index contributed by atoms with van der Waals surface area (Å²) in [6.45, 7) is 0.644. The largest absolute Gasteiger partial charge is 0.398 e. The van der Waals surface area contributed by atoms with Gasteiger partial charge in [0.1, 0.15) is 6.54 Å². The molecule has 1 heterocycles. The maximum Gasteiger partial charge on any atom is 0.251 e. The van der Waals surface area contributed by atoms with Crippen molar-refractivity contribution in [3.05, 3.63) is 40.3 Å². The number of carbonyl (C=O) groups is 1. The summed E-state index contributed by atoms with van der Waals surface area (Å²) >= 11 is 0. The van der Waals surface area contributed by atoms with Gasteiger partial charge in [0.25, 0.3) is 5.56 Å². The van der Waals surface area contributed by atoms with Gasteiger partial charge in [-0.25, -0.2) is 0 Å². The number of anilines is 1. The van der Waals surface area contributed by atoms with E-state index in [0.717, 1.165) is 19.3 Å². The number of hydrogen-bond acceptors (Lipinski definition) is 3. The number of allylic oxidation sites excluding steroid dienone is 1. The zero-order valence-corrected chi connectivity index (χ0v) is 10.9. The highest BCUT2D eigenvalue weighted by molar-refractivity contribution is 5.75. The van der Waals surface area contributed by atoms with Gasteiger partial charge in [0.2, 0.25) is 5.91 Å². The van der Waals surface area contributed by atoms with Crippen LogP contribution >= 0.6 is 0 Å². The molecule has 1 aromatic rings. The Kier molecular flexibility index (Phi) is 4.39. The van der Waals surface area contributed by atoms with Crippen molar-refractivity contribution in [2.75, 3.05) is 12.3 Å². The lowest BCUT2D eigenvalue weighted by molar-refractivity contribution is -0.121. The van der Waals surface area contributed by atoms with Gasteiger partial charge in [-0.05, 0) is 31.7 Å². The number of nitrogens with one attached hydrogen (secondary N) is 1. The van der Waals surface area contributed by atoms with Gasteiger partial charge < -0.3 is 15.6 Å². The van der Waals surface area contributed by atoms with Crippen molar-refractivity contribution in [3.8, 4) is 0 Å². The van der Waals surface area contributed by atoms with E-state index in [1.165, 1.54) is 34.9 Å². The molecule has 0 fully saturated rings. The smallest absolute Gasteiger partial charge is 0.251 e. The average Bonchev–Trinajstić information content (AvgIpc) is 2.87. The second-order valence-corrected chi connectivity index (χ2v) is 4.78. The number of rotatable bonds is 5. The van der Waals surface area contributed by atoms with Crippen LogP contribution < -0.4 is 16.6 Å². The van der Waals surface area contributed by atoms with E-state index in [-0.39, 0.29) is 18.0 Å². The van der Waals surface area contributed by atoms with Gasteiger partial charge in [0, 0.05) is 24.5 Å². The van der Waals surface area contributed by atoms with Gasteiger partial charge in [-0.2, -0.15) is 0 Å². The Morgan fingerprint density at radius 3 is 3.00 bits per heavy atom. The molecule has 1 aliphatic rings.